The monoisotopic (exact) mass is 461 g/mol. The second kappa shape index (κ2) is 10.9. The average Bonchev–Trinajstić information content (AvgIpc) is 2.84. The van der Waals surface area contributed by atoms with Crippen LogP contribution >= 0.6 is 0 Å². The molecule has 0 bridgehead atoms. The number of benzene rings is 3. The molecular weight excluding hydrogens is 438 g/mol. The van der Waals surface area contributed by atoms with E-state index < -0.39 is 36.0 Å². The van der Waals surface area contributed by atoms with Crippen molar-refractivity contribution in [3.63, 3.8) is 0 Å². The molecule has 0 unspecified atom stereocenters. The molecule has 1 amide bonds. The zero-order valence-electron chi connectivity index (χ0n) is 18.6. The number of carboxylic acid groups (broad SMARTS) is 1. The molecular formula is C26H23NO7. The molecule has 0 saturated heterocycles. The van der Waals surface area contributed by atoms with Gasteiger partial charge in [-0.3, -0.25) is 4.79 Å². The minimum Gasteiger partial charge on any atom is -0.478 e. The predicted molar refractivity (Wildman–Crippen MR) is 123 cm³/mol. The molecule has 3 aromatic rings. The van der Waals surface area contributed by atoms with Crippen LogP contribution in [0.2, 0.25) is 0 Å². The lowest BCUT2D eigenvalue weighted by atomic mass is 10.1. The van der Waals surface area contributed by atoms with Gasteiger partial charge in [-0.1, -0.05) is 42.5 Å². The van der Waals surface area contributed by atoms with Crippen molar-refractivity contribution in [2.45, 2.75) is 26.1 Å². The number of anilines is 1. The summed E-state index contributed by atoms with van der Waals surface area (Å²) in [5.74, 6) is -4.53. The van der Waals surface area contributed by atoms with E-state index in [0.717, 1.165) is 11.1 Å². The molecule has 174 valence electrons. The molecule has 0 aliphatic rings. The van der Waals surface area contributed by atoms with E-state index in [9.17, 15) is 24.3 Å². The Morgan fingerprint density at radius 3 is 1.68 bits per heavy atom. The van der Waals surface area contributed by atoms with E-state index in [4.69, 9.17) is 9.47 Å². The van der Waals surface area contributed by atoms with Gasteiger partial charge in [-0.25, -0.2) is 14.4 Å². The van der Waals surface area contributed by atoms with E-state index in [1.807, 2.05) is 13.8 Å². The second-order valence-corrected chi connectivity index (χ2v) is 7.51. The van der Waals surface area contributed by atoms with Crippen molar-refractivity contribution in [2.75, 3.05) is 5.32 Å². The highest BCUT2D eigenvalue weighted by molar-refractivity contribution is 6.01. The topological polar surface area (TPSA) is 119 Å². The lowest BCUT2D eigenvalue weighted by Gasteiger charge is -2.23. The molecule has 0 spiro atoms. The van der Waals surface area contributed by atoms with Crippen LogP contribution in [0.25, 0.3) is 0 Å². The van der Waals surface area contributed by atoms with E-state index in [2.05, 4.69) is 5.32 Å². The van der Waals surface area contributed by atoms with Gasteiger partial charge >= 0.3 is 17.9 Å². The number of aryl methyl sites for hydroxylation is 2. The van der Waals surface area contributed by atoms with Gasteiger partial charge in [0.1, 0.15) is 0 Å². The van der Waals surface area contributed by atoms with Crippen LogP contribution in [0, 0.1) is 13.8 Å². The van der Waals surface area contributed by atoms with Crippen LogP contribution in [0.3, 0.4) is 0 Å². The predicted octanol–water partition coefficient (Wildman–Crippen LogP) is 3.78. The summed E-state index contributed by atoms with van der Waals surface area (Å²) in [6, 6.07) is 20.5. The highest BCUT2D eigenvalue weighted by Crippen LogP contribution is 2.18. The second-order valence-electron chi connectivity index (χ2n) is 7.51. The minimum atomic E-state index is -2.09. The fraction of sp³-hybridized carbons (Fsp3) is 0.154. The third-order valence-corrected chi connectivity index (χ3v) is 5.04. The molecule has 8 nitrogen and oxygen atoms in total. The van der Waals surface area contributed by atoms with Gasteiger partial charge in [0.05, 0.1) is 11.1 Å². The Bertz CT molecular complexity index is 1190. The van der Waals surface area contributed by atoms with Gasteiger partial charge in [-0.05, 0) is 61.4 Å². The number of hydrogen-bond donors (Lipinski definition) is 2. The molecule has 0 fully saturated rings. The summed E-state index contributed by atoms with van der Waals surface area (Å²) >= 11 is 0. The van der Waals surface area contributed by atoms with Crippen molar-refractivity contribution >= 4 is 29.5 Å². The van der Waals surface area contributed by atoms with Crippen LogP contribution in [-0.4, -0.2) is 41.1 Å². The van der Waals surface area contributed by atoms with Crippen LogP contribution in [0.4, 0.5) is 5.69 Å². The third kappa shape index (κ3) is 6.07. The lowest BCUT2D eigenvalue weighted by Crippen LogP contribution is -2.48. The standard InChI is InChI=1S/C26H23NO7/c1-16-13-14-20(15-17(16)2)27-23(28)21(33-25(31)18-9-5-3-6-10-18)22(24(29)30)34-26(32)19-11-7-4-8-12-19/h3-15,21-22H,1-2H3,(H,27,28)(H,29,30)/t21-,22-/m0/s1. The molecule has 0 aliphatic carbocycles. The molecule has 8 heteroatoms. The normalized spacial score (nSPS) is 12.2. The minimum absolute atomic E-state index is 0.0800. The Labute approximate surface area is 196 Å². The first-order valence-electron chi connectivity index (χ1n) is 10.4. The van der Waals surface area contributed by atoms with E-state index in [0.29, 0.717) is 5.69 Å². The van der Waals surface area contributed by atoms with Gasteiger partial charge in [0.2, 0.25) is 12.2 Å². The fourth-order valence-corrected chi connectivity index (χ4v) is 3.04. The number of aliphatic carboxylic acids is 1. The SMILES string of the molecule is Cc1ccc(NC(=O)[C@@H](OC(=O)c2ccccc2)[C@H](OC(=O)c2ccccc2)C(=O)O)cc1C. The zero-order valence-corrected chi connectivity index (χ0v) is 18.6. The number of esters is 2. The van der Waals surface area contributed by atoms with Crippen molar-refractivity contribution in [3.8, 4) is 0 Å². The molecule has 34 heavy (non-hydrogen) atoms. The molecule has 0 radical (unpaired) electrons. The Hall–Kier alpha value is -4.46. The van der Waals surface area contributed by atoms with Crippen molar-refractivity contribution in [1.82, 2.24) is 0 Å². The molecule has 3 aromatic carbocycles. The molecule has 2 N–H and O–H groups in total. The Balaban J connectivity index is 1.91. The molecule has 2 atom stereocenters. The molecule has 0 aromatic heterocycles. The first-order chi connectivity index (χ1) is 16.3. The third-order valence-electron chi connectivity index (χ3n) is 5.04. The summed E-state index contributed by atoms with van der Waals surface area (Å²) in [6.07, 6.45) is -4.05. The van der Waals surface area contributed by atoms with Gasteiger partial charge in [-0.15, -0.1) is 0 Å². The van der Waals surface area contributed by atoms with Crippen LogP contribution in [-0.2, 0) is 19.1 Å². The van der Waals surface area contributed by atoms with Crippen molar-refractivity contribution in [2.24, 2.45) is 0 Å². The van der Waals surface area contributed by atoms with Gasteiger partial charge in [0.25, 0.3) is 5.91 Å². The zero-order chi connectivity index (χ0) is 24.7. The van der Waals surface area contributed by atoms with Gasteiger partial charge in [0, 0.05) is 5.69 Å². The quantitative estimate of drug-likeness (QED) is 0.490. The van der Waals surface area contributed by atoms with Crippen LogP contribution < -0.4 is 5.32 Å². The summed E-state index contributed by atoms with van der Waals surface area (Å²) in [6.45, 7) is 3.74. The van der Waals surface area contributed by atoms with Crippen molar-refractivity contribution in [3.05, 3.63) is 101 Å². The number of nitrogens with one attached hydrogen (secondary N) is 1. The smallest absolute Gasteiger partial charge is 0.349 e. The number of carbonyl (C=O) groups is 4. The molecule has 3 rings (SSSR count). The molecule has 0 saturated carbocycles. The summed E-state index contributed by atoms with van der Waals surface area (Å²) in [4.78, 5) is 50.3. The van der Waals surface area contributed by atoms with E-state index in [1.54, 1.807) is 54.6 Å². The molecule has 0 aliphatic heterocycles. The maximum Gasteiger partial charge on any atom is 0.349 e. The van der Waals surface area contributed by atoms with Gasteiger partial charge in [-0.2, -0.15) is 0 Å². The Morgan fingerprint density at radius 1 is 0.706 bits per heavy atom. The van der Waals surface area contributed by atoms with Crippen LogP contribution in [0.5, 0.6) is 0 Å². The van der Waals surface area contributed by atoms with E-state index >= 15 is 0 Å². The first-order valence-corrected chi connectivity index (χ1v) is 10.4. The number of hydrogen-bond acceptors (Lipinski definition) is 6. The number of carbonyl (C=O) groups excluding carboxylic acids is 3. The highest BCUT2D eigenvalue weighted by atomic mass is 16.6. The van der Waals surface area contributed by atoms with E-state index in [1.165, 1.54) is 24.3 Å². The number of carboxylic acids is 1. The van der Waals surface area contributed by atoms with Gasteiger partial charge in [0.15, 0.2) is 0 Å². The van der Waals surface area contributed by atoms with Crippen molar-refractivity contribution in [1.29, 1.82) is 0 Å². The largest absolute Gasteiger partial charge is 0.478 e. The first kappa shape index (κ1) is 24.2. The molecule has 0 heterocycles. The number of ether oxygens (including phenoxy) is 2. The van der Waals surface area contributed by atoms with E-state index in [-0.39, 0.29) is 11.1 Å². The summed E-state index contributed by atoms with van der Waals surface area (Å²) in [7, 11) is 0. The lowest BCUT2D eigenvalue weighted by molar-refractivity contribution is -0.157. The Kier molecular flexibility index (Phi) is 7.76. The highest BCUT2D eigenvalue weighted by Gasteiger charge is 2.41. The maximum absolute atomic E-state index is 13.1. The Morgan fingerprint density at radius 2 is 1.21 bits per heavy atom. The number of amides is 1. The van der Waals surface area contributed by atoms with Crippen LogP contribution in [0.15, 0.2) is 78.9 Å². The fourth-order valence-electron chi connectivity index (χ4n) is 3.04. The summed E-state index contributed by atoms with van der Waals surface area (Å²) in [5.41, 5.74) is 2.43. The average molecular weight is 461 g/mol. The van der Waals surface area contributed by atoms with Crippen molar-refractivity contribution < 1.29 is 33.8 Å². The number of rotatable bonds is 8. The maximum atomic E-state index is 13.1. The van der Waals surface area contributed by atoms with Crippen LogP contribution in [0.1, 0.15) is 31.8 Å². The van der Waals surface area contributed by atoms with Gasteiger partial charge < -0.3 is 19.9 Å². The summed E-state index contributed by atoms with van der Waals surface area (Å²) in [5, 5.41) is 12.3. The summed E-state index contributed by atoms with van der Waals surface area (Å²) < 4.78 is 10.4.